The van der Waals surface area contributed by atoms with Crippen LogP contribution in [0.2, 0.25) is 0 Å². The van der Waals surface area contributed by atoms with Gasteiger partial charge < -0.3 is 14.8 Å². The fourth-order valence-electron chi connectivity index (χ4n) is 4.38. The molecule has 0 spiro atoms. The molecule has 3 heterocycles. The van der Waals surface area contributed by atoms with Crippen LogP contribution in [0.3, 0.4) is 0 Å². The molecule has 1 fully saturated rings. The lowest BCUT2D eigenvalue weighted by Gasteiger charge is -2.45. The van der Waals surface area contributed by atoms with Crippen LogP contribution in [0.1, 0.15) is 18.0 Å². The summed E-state index contributed by atoms with van der Waals surface area (Å²) in [5.41, 5.74) is 3.18. The van der Waals surface area contributed by atoms with Crippen molar-refractivity contribution < 1.29 is 10.2 Å². The maximum Gasteiger partial charge on any atom is 0.251 e. The van der Waals surface area contributed by atoms with Gasteiger partial charge in [-0.15, -0.1) is 0 Å². The van der Waals surface area contributed by atoms with Crippen LogP contribution in [-0.2, 0) is 6.54 Å². The predicted octanol–water partition coefficient (Wildman–Crippen LogP) is 1.29. The predicted molar refractivity (Wildman–Crippen MR) is 96.5 cm³/mol. The minimum Gasteiger partial charge on any atom is -0.395 e. The van der Waals surface area contributed by atoms with Gasteiger partial charge in [0.1, 0.15) is 0 Å². The first kappa shape index (κ1) is 16.5. The van der Waals surface area contributed by atoms with Crippen LogP contribution < -0.4 is 5.56 Å². The number of nitrogens with zero attached hydrogens (tertiary/aromatic N) is 2. The Hall–Kier alpha value is -1.95. The summed E-state index contributed by atoms with van der Waals surface area (Å²) in [6, 6.07) is 13.7. The van der Waals surface area contributed by atoms with Gasteiger partial charge in [-0.25, -0.2) is 0 Å². The van der Waals surface area contributed by atoms with E-state index in [0.717, 1.165) is 42.9 Å². The highest BCUT2D eigenvalue weighted by Crippen LogP contribution is 2.37. The number of benzene rings is 1. The molecule has 2 N–H and O–H groups in total. The lowest BCUT2D eigenvalue weighted by Crippen LogP contribution is -2.52. The number of rotatable bonds is 4. The van der Waals surface area contributed by atoms with E-state index in [2.05, 4.69) is 11.0 Å². The largest absolute Gasteiger partial charge is 0.395 e. The topological polar surface area (TPSA) is 65.7 Å². The molecular weight excluding hydrogens is 316 g/mol. The molecule has 5 nitrogen and oxygen atoms in total. The van der Waals surface area contributed by atoms with Crippen molar-refractivity contribution in [3.8, 4) is 11.1 Å². The lowest BCUT2D eigenvalue weighted by atomic mass is 9.82. The third kappa shape index (κ3) is 3.03. The summed E-state index contributed by atoms with van der Waals surface area (Å²) in [4.78, 5) is 14.9. The average Bonchev–Trinajstić information content (AvgIpc) is 2.64. The molecule has 0 unspecified atom stereocenters. The molecular formula is C20H24N2O3. The molecule has 0 amide bonds. The number of hydrogen-bond donors (Lipinski definition) is 2. The van der Waals surface area contributed by atoms with Gasteiger partial charge in [0, 0.05) is 37.3 Å². The van der Waals surface area contributed by atoms with Crippen molar-refractivity contribution >= 4 is 0 Å². The Balaban J connectivity index is 1.71. The van der Waals surface area contributed by atoms with Crippen molar-refractivity contribution in [1.29, 1.82) is 0 Å². The Bertz CT molecular complexity index is 798. The standard InChI is InChI=1S/C20H24N2O3/c23-12-18(13-24)21-9-14-6-17(11-21)19-7-16(8-20(25)22(19)10-14)15-4-2-1-3-5-15/h1-5,7-8,14,17-18,23-24H,6,9-13H2/t14-,17+/m0/s1. The monoisotopic (exact) mass is 340 g/mol. The highest BCUT2D eigenvalue weighted by molar-refractivity contribution is 5.63. The second-order valence-electron chi connectivity index (χ2n) is 7.26. The fourth-order valence-corrected chi connectivity index (χ4v) is 4.38. The molecule has 0 saturated carbocycles. The van der Waals surface area contributed by atoms with Gasteiger partial charge in [-0.1, -0.05) is 30.3 Å². The molecule has 2 atom stereocenters. The van der Waals surface area contributed by atoms with E-state index in [-0.39, 0.29) is 30.7 Å². The molecule has 1 aromatic heterocycles. The molecule has 1 saturated heterocycles. The van der Waals surface area contributed by atoms with Gasteiger partial charge in [0.05, 0.1) is 19.3 Å². The highest BCUT2D eigenvalue weighted by atomic mass is 16.3. The Kier molecular flexibility index (Phi) is 4.46. The molecule has 2 aliphatic heterocycles. The molecule has 5 heteroatoms. The van der Waals surface area contributed by atoms with E-state index in [0.29, 0.717) is 5.92 Å². The summed E-state index contributed by atoms with van der Waals surface area (Å²) in [5.74, 6) is 0.664. The van der Waals surface area contributed by atoms with E-state index >= 15 is 0 Å². The number of aliphatic hydroxyl groups excluding tert-OH is 2. The quantitative estimate of drug-likeness (QED) is 0.880. The maximum atomic E-state index is 12.7. The second kappa shape index (κ2) is 6.75. The van der Waals surface area contributed by atoms with E-state index in [1.807, 2.05) is 34.9 Å². The summed E-state index contributed by atoms with van der Waals surface area (Å²) in [7, 11) is 0. The summed E-state index contributed by atoms with van der Waals surface area (Å²) in [6.45, 7) is 2.26. The Morgan fingerprint density at radius 3 is 2.48 bits per heavy atom. The molecule has 2 aromatic rings. The molecule has 4 rings (SSSR count). The van der Waals surface area contributed by atoms with Crippen molar-refractivity contribution in [1.82, 2.24) is 9.47 Å². The number of pyridine rings is 1. The summed E-state index contributed by atoms with van der Waals surface area (Å²) < 4.78 is 1.93. The zero-order valence-corrected chi connectivity index (χ0v) is 14.2. The molecule has 25 heavy (non-hydrogen) atoms. The van der Waals surface area contributed by atoms with Crippen molar-refractivity contribution in [2.24, 2.45) is 5.92 Å². The van der Waals surface area contributed by atoms with Crippen molar-refractivity contribution in [2.75, 3.05) is 26.3 Å². The number of aliphatic hydroxyl groups is 2. The third-order valence-electron chi connectivity index (χ3n) is 5.63. The Morgan fingerprint density at radius 2 is 1.76 bits per heavy atom. The number of aromatic nitrogens is 1. The van der Waals surface area contributed by atoms with Crippen molar-refractivity contribution in [3.05, 3.63) is 58.5 Å². The molecule has 132 valence electrons. The first-order valence-corrected chi connectivity index (χ1v) is 8.95. The van der Waals surface area contributed by atoms with Crippen LogP contribution in [0.4, 0.5) is 0 Å². The Labute approximate surface area is 147 Å². The Morgan fingerprint density at radius 1 is 1.00 bits per heavy atom. The van der Waals surface area contributed by atoms with Gasteiger partial charge in [-0.3, -0.25) is 9.69 Å². The van der Waals surface area contributed by atoms with E-state index in [9.17, 15) is 15.0 Å². The van der Waals surface area contributed by atoms with Gasteiger partial charge in [-0.05, 0) is 29.5 Å². The lowest BCUT2D eigenvalue weighted by molar-refractivity contribution is 0.0248. The fraction of sp³-hybridized carbons (Fsp3) is 0.450. The zero-order chi connectivity index (χ0) is 17.4. The van der Waals surface area contributed by atoms with Gasteiger partial charge in [0.15, 0.2) is 0 Å². The number of fused-ring (bicyclic) bond motifs is 4. The minimum absolute atomic E-state index is 0.0349. The number of hydrogen-bond acceptors (Lipinski definition) is 4. The first-order chi connectivity index (χ1) is 12.2. The van der Waals surface area contributed by atoms with Crippen LogP contribution in [0, 0.1) is 5.92 Å². The number of likely N-dealkylation sites (tertiary alicyclic amines) is 1. The molecule has 0 radical (unpaired) electrons. The van der Waals surface area contributed by atoms with Crippen LogP contribution in [0.5, 0.6) is 0 Å². The molecule has 2 bridgehead atoms. The van der Waals surface area contributed by atoms with Gasteiger partial charge in [-0.2, -0.15) is 0 Å². The minimum atomic E-state index is -0.208. The van der Waals surface area contributed by atoms with Gasteiger partial charge in [0.2, 0.25) is 0 Å². The van der Waals surface area contributed by atoms with Crippen LogP contribution in [-0.4, -0.2) is 52.0 Å². The second-order valence-corrected chi connectivity index (χ2v) is 7.26. The highest BCUT2D eigenvalue weighted by Gasteiger charge is 2.36. The van der Waals surface area contributed by atoms with Gasteiger partial charge in [0.25, 0.3) is 5.56 Å². The van der Waals surface area contributed by atoms with Gasteiger partial charge >= 0.3 is 0 Å². The van der Waals surface area contributed by atoms with E-state index in [1.54, 1.807) is 6.07 Å². The normalized spacial score (nSPS) is 22.8. The van der Waals surface area contributed by atoms with Crippen LogP contribution in [0.25, 0.3) is 11.1 Å². The third-order valence-corrected chi connectivity index (χ3v) is 5.63. The zero-order valence-electron chi connectivity index (χ0n) is 14.2. The SMILES string of the molecule is O=c1cc(-c2ccccc2)cc2n1C[C@H]1C[C@@H]2CN(C(CO)CO)C1. The van der Waals surface area contributed by atoms with E-state index < -0.39 is 0 Å². The van der Waals surface area contributed by atoms with E-state index in [1.165, 1.54) is 0 Å². The molecule has 2 aliphatic rings. The molecule has 1 aromatic carbocycles. The number of piperidine rings is 1. The van der Waals surface area contributed by atoms with Crippen molar-refractivity contribution in [3.63, 3.8) is 0 Å². The molecule has 0 aliphatic carbocycles. The van der Waals surface area contributed by atoms with Crippen LogP contribution in [0.15, 0.2) is 47.3 Å². The first-order valence-electron chi connectivity index (χ1n) is 8.95. The summed E-state index contributed by atoms with van der Waals surface area (Å²) >= 11 is 0. The summed E-state index contributed by atoms with van der Waals surface area (Å²) in [5, 5.41) is 19.0. The smallest absolute Gasteiger partial charge is 0.251 e. The van der Waals surface area contributed by atoms with Crippen LogP contribution >= 0.6 is 0 Å². The van der Waals surface area contributed by atoms with Crippen molar-refractivity contribution in [2.45, 2.75) is 24.9 Å². The van der Waals surface area contributed by atoms with E-state index in [4.69, 9.17) is 0 Å². The average molecular weight is 340 g/mol. The maximum absolute atomic E-state index is 12.7. The summed E-state index contributed by atoms with van der Waals surface area (Å²) in [6.07, 6.45) is 1.07.